The van der Waals surface area contributed by atoms with Crippen LogP contribution in [0.3, 0.4) is 0 Å². The largest absolute Gasteiger partial charge is 0.352 e. The van der Waals surface area contributed by atoms with Crippen molar-refractivity contribution in [3.63, 3.8) is 0 Å². The van der Waals surface area contributed by atoms with Gasteiger partial charge in [-0.1, -0.05) is 19.9 Å². The number of hydrogen-bond donors (Lipinski definition) is 2. The standard InChI is InChI=1S/C17H24N4O3S/c1-13(2)12-18-17(22)14-5-4-6-16(11-14)25(23,24)20-10-8-15-7-9-19-21(15)3/h4-7,9,11,13,20H,8,10,12H2,1-3H3,(H,18,22). The van der Waals surface area contributed by atoms with Gasteiger partial charge < -0.3 is 5.32 Å². The number of amides is 1. The predicted molar refractivity (Wildman–Crippen MR) is 95.7 cm³/mol. The molecule has 1 amide bonds. The Bertz CT molecular complexity index is 828. The molecule has 2 N–H and O–H groups in total. The number of nitrogens with zero attached hydrogens (tertiary/aromatic N) is 2. The Hall–Kier alpha value is -2.19. The Morgan fingerprint density at radius 2 is 2.04 bits per heavy atom. The molecule has 2 rings (SSSR count). The summed E-state index contributed by atoms with van der Waals surface area (Å²) in [5, 5.41) is 6.83. The summed E-state index contributed by atoms with van der Waals surface area (Å²) in [4.78, 5) is 12.2. The summed E-state index contributed by atoms with van der Waals surface area (Å²) < 4.78 is 29.1. The molecule has 0 spiro atoms. The molecule has 136 valence electrons. The molecule has 0 unspecified atom stereocenters. The lowest BCUT2D eigenvalue weighted by Gasteiger charge is -2.10. The number of rotatable bonds is 8. The van der Waals surface area contributed by atoms with Crippen LogP contribution in [-0.4, -0.2) is 37.2 Å². The highest BCUT2D eigenvalue weighted by Gasteiger charge is 2.16. The fourth-order valence-corrected chi connectivity index (χ4v) is 3.32. The highest BCUT2D eigenvalue weighted by atomic mass is 32.2. The van der Waals surface area contributed by atoms with E-state index in [1.54, 1.807) is 23.0 Å². The van der Waals surface area contributed by atoms with E-state index in [4.69, 9.17) is 0 Å². The van der Waals surface area contributed by atoms with Gasteiger partial charge in [0.2, 0.25) is 10.0 Å². The molecule has 25 heavy (non-hydrogen) atoms. The van der Waals surface area contributed by atoms with Gasteiger partial charge >= 0.3 is 0 Å². The number of carbonyl (C=O) groups is 1. The van der Waals surface area contributed by atoms with Crippen molar-refractivity contribution in [1.29, 1.82) is 0 Å². The zero-order valence-electron chi connectivity index (χ0n) is 14.7. The van der Waals surface area contributed by atoms with Gasteiger partial charge in [0, 0.05) is 44.0 Å². The van der Waals surface area contributed by atoms with Gasteiger partial charge in [0.05, 0.1) is 4.90 Å². The van der Waals surface area contributed by atoms with Gasteiger partial charge in [-0.25, -0.2) is 13.1 Å². The summed E-state index contributed by atoms with van der Waals surface area (Å²) in [6.07, 6.45) is 2.20. The van der Waals surface area contributed by atoms with Crippen LogP contribution < -0.4 is 10.0 Å². The molecule has 8 heteroatoms. The van der Waals surface area contributed by atoms with Gasteiger partial charge in [0.1, 0.15) is 0 Å². The molecule has 0 saturated heterocycles. The van der Waals surface area contributed by atoms with Crippen molar-refractivity contribution >= 4 is 15.9 Å². The van der Waals surface area contributed by atoms with E-state index in [9.17, 15) is 13.2 Å². The lowest BCUT2D eigenvalue weighted by Crippen LogP contribution is -2.29. The maximum Gasteiger partial charge on any atom is 0.251 e. The van der Waals surface area contributed by atoms with E-state index in [0.717, 1.165) is 5.69 Å². The number of benzene rings is 1. The highest BCUT2D eigenvalue weighted by Crippen LogP contribution is 2.12. The number of nitrogens with one attached hydrogen (secondary N) is 2. The molecule has 0 saturated carbocycles. The first kappa shape index (κ1) is 19.1. The maximum atomic E-state index is 12.4. The SMILES string of the molecule is CC(C)CNC(=O)c1cccc(S(=O)(=O)NCCc2ccnn2C)c1. The molecule has 7 nitrogen and oxygen atoms in total. The van der Waals surface area contributed by atoms with E-state index in [2.05, 4.69) is 15.1 Å². The van der Waals surface area contributed by atoms with Gasteiger partial charge in [-0.3, -0.25) is 9.48 Å². The lowest BCUT2D eigenvalue weighted by atomic mass is 10.2. The minimum Gasteiger partial charge on any atom is -0.352 e. The Labute approximate surface area is 148 Å². The van der Waals surface area contributed by atoms with Crippen molar-refractivity contribution in [2.24, 2.45) is 13.0 Å². The van der Waals surface area contributed by atoms with E-state index in [0.29, 0.717) is 24.4 Å². The summed E-state index contributed by atoms with van der Waals surface area (Å²) in [7, 11) is -1.86. The van der Waals surface area contributed by atoms with E-state index in [1.807, 2.05) is 27.0 Å². The van der Waals surface area contributed by atoms with Crippen molar-refractivity contribution in [3.05, 3.63) is 47.8 Å². The first-order valence-corrected chi connectivity index (χ1v) is 9.62. The molecular formula is C17H24N4O3S. The Morgan fingerprint density at radius 1 is 1.28 bits per heavy atom. The van der Waals surface area contributed by atoms with Crippen molar-refractivity contribution in [1.82, 2.24) is 19.8 Å². The van der Waals surface area contributed by atoms with Crippen molar-refractivity contribution < 1.29 is 13.2 Å². The molecule has 1 heterocycles. The third kappa shape index (κ3) is 5.40. The monoisotopic (exact) mass is 364 g/mol. The smallest absolute Gasteiger partial charge is 0.251 e. The van der Waals surface area contributed by atoms with Crippen LogP contribution in [0, 0.1) is 5.92 Å². The summed E-state index contributed by atoms with van der Waals surface area (Å²) in [5.74, 6) is 0.0465. The fraction of sp³-hybridized carbons (Fsp3) is 0.412. The highest BCUT2D eigenvalue weighted by molar-refractivity contribution is 7.89. The van der Waals surface area contributed by atoms with Crippen molar-refractivity contribution in [2.45, 2.75) is 25.2 Å². The third-order valence-electron chi connectivity index (χ3n) is 3.67. The van der Waals surface area contributed by atoms with Crippen molar-refractivity contribution in [2.75, 3.05) is 13.1 Å². The Balaban J connectivity index is 2.02. The van der Waals surface area contributed by atoms with E-state index >= 15 is 0 Å². The van der Waals surface area contributed by atoms with Gasteiger partial charge in [-0.05, 0) is 30.2 Å². The van der Waals surface area contributed by atoms with Crippen molar-refractivity contribution in [3.8, 4) is 0 Å². The molecule has 0 fully saturated rings. The molecule has 0 radical (unpaired) electrons. The zero-order chi connectivity index (χ0) is 18.4. The second-order valence-corrected chi connectivity index (χ2v) is 7.99. The number of aromatic nitrogens is 2. The summed E-state index contributed by atoms with van der Waals surface area (Å²) in [6, 6.07) is 7.88. The molecular weight excluding hydrogens is 340 g/mol. The minimum absolute atomic E-state index is 0.0784. The average Bonchev–Trinajstić information content (AvgIpc) is 2.98. The third-order valence-corrected chi connectivity index (χ3v) is 5.13. The van der Waals surface area contributed by atoms with Crippen LogP contribution in [0.5, 0.6) is 0 Å². The van der Waals surface area contributed by atoms with Crippen LogP contribution in [0.1, 0.15) is 29.9 Å². The maximum absolute atomic E-state index is 12.4. The minimum atomic E-state index is -3.67. The molecule has 0 atom stereocenters. The van der Waals surface area contributed by atoms with Crippen LogP contribution in [-0.2, 0) is 23.5 Å². The second-order valence-electron chi connectivity index (χ2n) is 6.23. The molecule has 0 aliphatic carbocycles. The molecule has 0 aliphatic rings. The zero-order valence-corrected chi connectivity index (χ0v) is 15.5. The van der Waals surface area contributed by atoms with Crippen LogP contribution in [0.2, 0.25) is 0 Å². The van der Waals surface area contributed by atoms with Gasteiger partial charge in [0.25, 0.3) is 5.91 Å². The molecule has 2 aromatic rings. The molecule has 1 aromatic heterocycles. The summed E-state index contributed by atoms with van der Waals surface area (Å²) in [6.45, 7) is 4.78. The summed E-state index contributed by atoms with van der Waals surface area (Å²) in [5.41, 5.74) is 1.26. The predicted octanol–water partition coefficient (Wildman–Crippen LogP) is 1.33. The van der Waals surface area contributed by atoms with E-state index < -0.39 is 10.0 Å². The average molecular weight is 364 g/mol. The fourth-order valence-electron chi connectivity index (χ4n) is 2.25. The molecule has 1 aromatic carbocycles. The number of sulfonamides is 1. The van der Waals surface area contributed by atoms with Crippen LogP contribution in [0.15, 0.2) is 41.4 Å². The van der Waals surface area contributed by atoms with Crippen LogP contribution in [0.4, 0.5) is 0 Å². The van der Waals surface area contributed by atoms with E-state index in [1.165, 1.54) is 12.1 Å². The van der Waals surface area contributed by atoms with E-state index in [-0.39, 0.29) is 17.3 Å². The molecule has 0 bridgehead atoms. The second kappa shape index (κ2) is 8.26. The van der Waals surface area contributed by atoms with Gasteiger partial charge in [-0.15, -0.1) is 0 Å². The summed E-state index contributed by atoms with van der Waals surface area (Å²) >= 11 is 0. The Morgan fingerprint density at radius 3 is 2.68 bits per heavy atom. The number of hydrogen-bond acceptors (Lipinski definition) is 4. The van der Waals surface area contributed by atoms with Gasteiger partial charge in [0.15, 0.2) is 0 Å². The molecule has 0 aliphatic heterocycles. The first-order valence-electron chi connectivity index (χ1n) is 8.14. The number of carbonyl (C=O) groups excluding carboxylic acids is 1. The topological polar surface area (TPSA) is 93.1 Å². The first-order chi connectivity index (χ1) is 11.8. The lowest BCUT2D eigenvalue weighted by molar-refractivity contribution is 0.0949. The normalized spacial score (nSPS) is 11.7. The number of aryl methyl sites for hydroxylation is 1. The van der Waals surface area contributed by atoms with Gasteiger partial charge in [-0.2, -0.15) is 5.10 Å². The Kier molecular flexibility index (Phi) is 6.33. The van der Waals surface area contributed by atoms with Crippen LogP contribution in [0.25, 0.3) is 0 Å². The van der Waals surface area contributed by atoms with Crippen LogP contribution >= 0.6 is 0 Å². The quantitative estimate of drug-likeness (QED) is 0.739.